The van der Waals surface area contributed by atoms with Crippen molar-refractivity contribution < 1.29 is 4.79 Å². The third kappa shape index (κ3) is 3.51. The van der Waals surface area contributed by atoms with E-state index < -0.39 is 0 Å². The molecule has 0 atom stereocenters. The molecule has 0 bridgehead atoms. The van der Waals surface area contributed by atoms with Crippen molar-refractivity contribution in [3.05, 3.63) is 36.0 Å². The first-order valence-electron chi connectivity index (χ1n) is 7.56. The van der Waals surface area contributed by atoms with Crippen LogP contribution in [0.3, 0.4) is 0 Å². The molecule has 0 aliphatic heterocycles. The van der Waals surface area contributed by atoms with Crippen LogP contribution in [0.2, 0.25) is 0 Å². The number of benzene rings is 1. The van der Waals surface area contributed by atoms with Gasteiger partial charge >= 0.3 is 0 Å². The van der Waals surface area contributed by atoms with E-state index in [-0.39, 0.29) is 5.91 Å². The van der Waals surface area contributed by atoms with Crippen molar-refractivity contribution in [3.8, 4) is 0 Å². The summed E-state index contributed by atoms with van der Waals surface area (Å²) in [6, 6.07) is 9.75. The summed E-state index contributed by atoms with van der Waals surface area (Å²) in [5.41, 5.74) is 2.32. The highest BCUT2D eigenvalue weighted by atomic mass is 16.2. The van der Waals surface area contributed by atoms with Crippen LogP contribution in [0.4, 0.5) is 5.69 Å². The van der Waals surface area contributed by atoms with Gasteiger partial charge in [0, 0.05) is 31.2 Å². The molecule has 2 aromatic rings. The molecule has 0 aliphatic carbocycles. The molecule has 0 saturated carbocycles. The lowest BCUT2D eigenvalue weighted by Gasteiger charge is -2.17. The second-order valence-corrected chi connectivity index (χ2v) is 5.18. The van der Waals surface area contributed by atoms with Crippen molar-refractivity contribution in [1.29, 1.82) is 0 Å². The van der Waals surface area contributed by atoms with Crippen LogP contribution in [-0.2, 0) is 0 Å². The molecule has 2 rings (SSSR count). The van der Waals surface area contributed by atoms with Gasteiger partial charge in [-0.05, 0) is 25.5 Å². The average Bonchev–Trinajstić information content (AvgIpc) is 2.52. The number of para-hydroxylation sites is 1. The van der Waals surface area contributed by atoms with Crippen molar-refractivity contribution in [2.75, 3.05) is 25.5 Å². The van der Waals surface area contributed by atoms with Crippen molar-refractivity contribution in [2.45, 2.75) is 26.7 Å². The molecule has 0 fully saturated rings. The Bertz CT molecular complexity index is 624. The number of carbonyl (C=O) groups excluding carboxylic acids is 1. The van der Waals surface area contributed by atoms with E-state index in [0.717, 1.165) is 42.5 Å². The summed E-state index contributed by atoms with van der Waals surface area (Å²) in [5, 5.41) is 4.37. The van der Waals surface area contributed by atoms with Gasteiger partial charge in [0.25, 0.3) is 5.91 Å². The molecule has 0 radical (unpaired) electrons. The highest BCUT2D eigenvalue weighted by molar-refractivity contribution is 5.99. The number of nitrogens with zero attached hydrogens (tertiary/aromatic N) is 2. The van der Waals surface area contributed by atoms with Crippen LogP contribution in [0.25, 0.3) is 10.9 Å². The van der Waals surface area contributed by atoms with Crippen LogP contribution in [0.5, 0.6) is 0 Å². The maximum Gasteiger partial charge on any atom is 0.272 e. The Morgan fingerprint density at radius 1 is 1.29 bits per heavy atom. The molecule has 1 amide bonds. The Morgan fingerprint density at radius 3 is 2.76 bits per heavy atom. The first-order chi connectivity index (χ1) is 10.2. The minimum Gasteiger partial charge on any atom is -0.385 e. The lowest BCUT2D eigenvalue weighted by molar-refractivity contribution is 0.0788. The standard InChI is InChI=1S/C17H23N3O/c1-4-6-11-20(3)17(21)16-12-15(18-5-2)13-9-7-8-10-14(13)19-16/h7-10,12H,4-6,11H2,1-3H3,(H,18,19). The Balaban J connectivity index is 2.37. The highest BCUT2D eigenvalue weighted by Crippen LogP contribution is 2.23. The lowest BCUT2D eigenvalue weighted by atomic mass is 10.1. The van der Waals surface area contributed by atoms with Crippen molar-refractivity contribution in [1.82, 2.24) is 9.88 Å². The van der Waals surface area contributed by atoms with Crippen LogP contribution in [0.1, 0.15) is 37.2 Å². The number of amides is 1. The molecule has 0 unspecified atom stereocenters. The van der Waals surface area contributed by atoms with E-state index in [2.05, 4.69) is 17.2 Å². The molecule has 112 valence electrons. The Hall–Kier alpha value is -2.10. The summed E-state index contributed by atoms with van der Waals surface area (Å²) in [6.07, 6.45) is 2.08. The first kappa shape index (κ1) is 15.3. The fourth-order valence-electron chi connectivity index (χ4n) is 2.31. The molecule has 1 heterocycles. The zero-order chi connectivity index (χ0) is 15.2. The third-order valence-corrected chi connectivity index (χ3v) is 3.50. The largest absolute Gasteiger partial charge is 0.385 e. The number of anilines is 1. The lowest BCUT2D eigenvalue weighted by Crippen LogP contribution is -2.28. The van der Waals surface area contributed by atoms with Crippen LogP contribution in [-0.4, -0.2) is 35.9 Å². The molecular formula is C17H23N3O. The number of fused-ring (bicyclic) bond motifs is 1. The molecule has 21 heavy (non-hydrogen) atoms. The number of aromatic nitrogens is 1. The van der Waals surface area contributed by atoms with Gasteiger partial charge in [-0.1, -0.05) is 31.5 Å². The number of nitrogens with one attached hydrogen (secondary N) is 1. The molecule has 0 saturated heterocycles. The second kappa shape index (κ2) is 7.07. The third-order valence-electron chi connectivity index (χ3n) is 3.50. The Labute approximate surface area is 126 Å². The number of pyridine rings is 1. The van der Waals surface area contributed by atoms with E-state index >= 15 is 0 Å². The number of hydrogen-bond acceptors (Lipinski definition) is 3. The molecule has 1 aromatic heterocycles. The SMILES string of the molecule is CCCCN(C)C(=O)c1cc(NCC)c2ccccc2n1. The van der Waals surface area contributed by atoms with Gasteiger partial charge in [-0.3, -0.25) is 4.79 Å². The van der Waals surface area contributed by atoms with Crippen molar-refractivity contribution >= 4 is 22.5 Å². The van der Waals surface area contributed by atoms with Crippen molar-refractivity contribution in [2.24, 2.45) is 0 Å². The fraction of sp³-hybridized carbons (Fsp3) is 0.412. The maximum atomic E-state index is 12.5. The quantitative estimate of drug-likeness (QED) is 0.883. The summed E-state index contributed by atoms with van der Waals surface area (Å²) >= 11 is 0. The van der Waals surface area contributed by atoms with Crippen LogP contribution in [0.15, 0.2) is 30.3 Å². The molecule has 1 aromatic carbocycles. The monoisotopic (exact) mass is 285 g/mol. The molecule has 4 heteroatoms. The van der Waals surface area contributed by atoms with Gasteiger partial charge in [0.2, 0.25) is 0 Å². The summed E-state index contributed by atoms with van der Waals surface area (Å²) in [4.78, 5) is 18.7. The molecule has 1 N–H and O–H groups in total. The Kier molecular flexibility index (Phi) is 5.14. The van der Waals surface area contributed by atoms with Gasteiger partial charge in [-0.15, -0.1) is 0 Å². The summed E-state index contributed by atoms with van der Waals surface area (Å²) in [5.74, 6) is -0.0200. The Morgan fingerprint density at radius 2 is 2.05 bits per heavy atom. The normalized spacial score (nSPS) is 10.6. The zero-order valence-electron chi connectivity index (χ0n) is 13.0. The van der Waals surface area contributed by atoms with Crippen molar-refractivity contribution in [3.63, 3.8) is 0 Å². The summed E-state index contributed by atoms with van der Waals surface area (Å²) in [6.45, 7) is 5.74. The molecule has 0 spiro atoms. The van der Waals surface area contributed by atoms with Gasteiger partial charge in [0.1, 0.15) is 5.69 Å². The predicted molar refractivity (Wildman–Crippen MR) is 87.8 cm³/mol. The fourth-order valence-corrected chi connectivity index (χ4v) is 2.31. The second-order valence-electron chi connectivity index (χ2n) is 5.18. The van der Waals surface area contributed by atoms with Gasteiger partial charge in [0.05, 0.1) is 5.52 Å². The van der Waals surface area contributed by atoms with Crippen LogP contribution < -0.4 is 5.32 Å². The minimum absolute atomic E-state index is 0.0200. The van der Waals surface area contributed by atoms with E-state index in [1.54, 1.807) is 4.90 Å². The zero-order valence-corrected chi connectivity index (χ0v) is 13.0. The minimum atomic E-state index is -0.0200. The maximum absolute atomic E-state index is 12.5. The van der Waals surface area contributed by atoms with Gasteiger partial charge in [0.15, 0.2) is 0 Å². The smallest absolute Gasteiger partial charge is 0.272 e. The number of carbonyl (C=O) groups is 1. The highest BCUT2D eigenvalue weighted by Gasteiger charge is 2.15. The molecule has 4 nitrogen and oxygen atoms in total. The van der Waals surface area contributed by atoms with Gasteiger partial charge in [-0.2, -0.15) is 0 Å². The first-order valence-corrected chi connectivity index (χ1v) is 7.56. The van der Waals surface area contributed by atoms with E-state index in [0.29, 0.717) is 5.69 Å². The summed E-state index contributed by atoms with van der Waals surface area (Å²) < 4.78 is 0. The number of rotatable bonds is 6. The van der Waals surface area contributed by atoms with E-state index in [4.69, 9.17) is 0 Å². The van der Waals surface area contributed by atoms with E-state index in [1.165, 1.54) is 0 Å². The molecule has 0 aliphatic rings. The number of hydrogen-bond donors (Lipinski definition) is 1. The van der Waals surface area contributed by atoms with E-state index in [9.17, 15) is 4.79 Å². The van der Waals surface area contributed by atoms with Gasteiger partial charge < -0.3 is 10.2 Å². The van der Waals surface area contributed by atoms with Crippen LogP contribution >= 0.6 is 0 Å². The molecular weight excluding hydrogens is 262 g/mol. The summed E-state index contributed by atoms with van der Waals surface area (Å²) in [7, 11) is 1.84. The average molecular weight is 285 g/mol. The van der Waals surface area contributed by atoms with E-state index in [1.807, 2.05) is 44.3 Å². The topological polar surface area (TPSA) is 45.2 Å². The van der Waals surface area contributed by atoms with Crippen LogP contribution in [0, 0.1) is 0 Å². The predicted octanol–water partition coefficient (Wildman–Crippen LogP) is 3.54. The number of unbranched alkanes of at least 4 members (excludes halogenated alkanes) is 1. The van der Waals surface area contributed by atoms with Gasteiger partial charge in [-0.25, -0.2) is 4.98 Å².